The highest BCUT2D eigenvalue weighted by molar-refractivity contribution is 9.10. The highest BCUT2D eigenvalue weighted by atomic mass is 79.9. The third kappa shape index (κ3) is 3.90. The first kappa shape index (κ1) is 15.4. The summed E-state index contributed by atoms with van der Waals surface area (Å²) in [5, 5.41) is 23.0. The summed E-state index contributed by atoms with van der Waals surface area (Å²) in [6, 6.07) is 2.77. The number of rotatable bonds is 5. The molecular weight excluding hydrogens is 320 g/mol. The Morgan fingerprint density at radius 2 is 2.26 bits per heavy atom. The van der Waals surface area contributed by atoms with Gasteiger partial charge in [0.1, 0.15) is 0 Å². The van der Waals surface area contributed by atoms with Crippen molar-refractivity contribution in [1.29, 1.82) is 0 Å². The van der Waals surface area contributed by atoms with E-state index < -0.39 is 16.9 Å². The van der Waals surface area contributed by atoms with Gasteiger partial charge in [-0.3, -0.25) is 14.9 Å². The number of nitrogens with one attached hydrogen (secondary N) is 1. The van der Waals surface area contributed by atoms with Crippen molar-refractivity contribution in [3.8, 4) is 5.75 Å². The Bertz CT molecular complexity index is 504. The minimum atomic E-state index is -0.962. The summed E-state index contributed by atoms with van der Waals surface area (Å²) in [6.45, 7) is 1.09. The van der Waals surface area contributed by atoms with Crippen LogP contribution in [0.15, 0.2) is 16.6 Å². The SMILES string of the molecule is CNC(=O)COc1c(C(C)O)cc(Br)cc1[N+](=O)[O-]. The molecule has 0 spiro atoms. The normalized spacial score (nSPS) is 11.8. The molecule has 2 N–H and O–H groups in total. The third-order valence-corrected chi connectivity index (χ3v) is 2.79. The van der Waals surface area contributed by atoms with Gasteiger partial charge in [-0.15, -0.1) is 0 Å². The zero-order chi connectivity index (χ0) is 14.6. The van der Waals surface area contributed by atoms with E-state index in [4.69, 9.17) is 4.74 Å². The van der Waals surface area contributed by atoms with Crippen molar-refractivity contribution in [2.24, 2.45) is 0 Å². The van der Waals surface area contributed by atoms with E-state index in [1.165, 1.54) is 26.1 Å². The van der Waals surface area contributed by atoms with Gasteiger partial charge in [0.05, 0.1) is 11.0 Å². The molecule has 1 atom stereocenters. The van der Waals surface area contributed by atoms with E-state index in [-0.39, 0.29) is 23.6 Å². The Morgan fingerprint density at radius 1 is 1.63 bits per heavy atom. The number of benzene rings is 1. The topological polar surface area (TPSA) is 102 Å². The third-order valence-electron chi connectivity index (χ3n) is 2.34. The predicted octanol–water partition coefficient (Wildman–Crippen LogP) is 1.54. The van der Waals surface area contributed by atoms with Gasteiger partial charge in [-0.1, -0.05) is 15.9 Å². The summed E-state index contributed by atoms with van der Waals surface area (Å²) in [4.78, 5) is 21.5. The van der Waals surface area contributed by atoms with Gasteiger partial charge in [-0.25, -0.2) is 0 Å². The lowest BCUT2D eigenvalue weighted by Crippen LogP contribution is -2.25. The predicted molar refractivity (Wildman–Crippen MR) is 71.0 cm³/mol. The van der Waals surface area contributed by atoms with Crippen LogP contribution < -0.4 is 10.1 Å². The molecule has 1 aromatic carbocycles. The lowest BCUT2D eigenvalue weighted by Gasteiger charge is -2.13. The molecule has 1 aromatic rings. The van der Waals surface area contributed by atoms with Gasteiger partial charge in [0.25, 0.3) is 5.91 Å². The molecule has 1 amide bonds. The van der Waals surface area contributed by atoms with E-state index in [9.17, 15) is 20.0 Å². The molecule has 0 fully saturated rings. The number of aliphatic hydroxyl groups excluding tert-OH is 1. The average Bonchev–Trinajstić information content (AvgIpc) is 2.35. The number of aliphatic hydroxyl groups is 1. The molecule has 0 aliphatic rings. The summed E-state index contributed by atoms with van der Waals surface area (Å²) in [7, 11) is 1.43. The zero-order valence-electron chi connectivity index (χ0n) is 10.3. The number of nitro groups is 1. The molecule has 0 aromatic heterocycles. The first-order valence-corrected chi connectivity index (χ1v) is 6.15. The van der Waals surface area contributed by atoms with Crippen LogP contribution in [0.4, 0.5) is 5.69 Å². The lowest BCUT2D eigenvalue weighted by molar-refractivity contribution is -0.386. The maximum atomic E-state index is 11.1. The van der Waals surface area contributed by atoms with Crippen LogP contribution in [0, 0.1) is 10.1 Å². The zero-order valence-corrected chi connectivity index (χ0v) is 11.9. The standard InChI is InChI=1S/C11H13BrN2O5/c1-6(15)8-3-7(12)4-9(14(17)18)11(8)19-5-10(16)13-2/h3-4,6,15H,5H2,1-2H3,(H,13,16). The van der Waals surface area contributed by atoms with E-state index in [2.05, 4.69) is 21.2 Å². The first-order chi connectivity index (χ1) is 8.86. The Kier molecular flexibility index (Phi) is 5.25. The van der Waals surface area contributed by atoms with E-state index in [0.717, 1.165) is 0 Å². The summed E-state index contributed by atoms with van der Waals surface area (Å²) >= 11 is 3.13. The van der Waals surface area contributed by atoms with Gasteiger partial charge in [-0.2, -0.15) is 0 Å². The molecule has 0 bridgehead atoms. The molecular formula is C11H13BrN2O5. The number of halogens is 1. The number of amides is 1. The molecule has 0 saturated carbocycles. The van der Waals surface area contributed by atoms with Crippen molar-refractivity contribution in [1.82, 2.24) is 5.32 Å². The second-order valence-electron chi connectivity index (χ2n) is 3.74. The minimum absolute atomic E-state index is 0.105. The van der Waals surface area contributed by atoms with E-state index in [1.54, 1.807) is 0 Å². The van der Waals surface area contributed by atoms with E-state index in [0.29, 0.717) is 4.47 Å². The molecule has 0 heterocycles. The van der Waals surface area contributed by atoms with Crippen LogP contribution in [0.25, 0.3) is 0 Å². The smallest absolute Gasteiger partial charge is 0.312 e. The van der Waals surface area contributed by atoms with Crippen molar-refractivity contribution in [2.45, 2.75) is 13.0 Å². The molecule has 1 rings (SSSR count). The van der Waals surface area contributed by atoms with Gasteiger partial charge in [-0.05, 0) is 13.0 Å². The maximum Gasteiger partial charge on any atom is 0.312 e. The summed E-state index contributed by atoms with van der Waals surface area (Å²) in [6.07, 6.45) is -0.962. The Balaban J connectivity index is 3.23. The average molecular weight is 333 g/mol. The summed E-state index contributed by atoms with van der Waals surface area (Å²) in [5.74, 6) is -0.527. The number of hydrogen-bond donors (Lipinski definition) is 2. The number of likely N-dealkylation sites (N-methyl/N-ethyl adjacent to an activating group) is 1. The minimum Gasteiger partial charge on any atom is -0.476 e. The van der Waals surface area contributed by atoms with Crippen molar-refractivity contribution < 1.29 is 19.6 Å². The number of nitrogens with zero attached hydrogens (tertiary/aromatic N) is 1. The Morgan fingerprint density at radius 3 is 2.74 bits per heavy atom. The number of hydrogen-bond acceptors (Lipinski definition) is 5. The van der Waals surface area contributed by atoms with Gasteiger partial charge in [0, 0.05) is 23.2 Å². The van der Waals surface area contributed by atoms with Crippen molar-refractivity contribution >= 4 is 27.5 Å². The van der Waals surface area contributed by atoms with Crippen molar-refractivity contribution in [3.63, 3.8) is 0 Å². The second-order valence-corrected chi connectivity index (χ2v) is 4.65. The number of carbonyl (C=O) groups excluding carboxylic acids is 1. The van der Waals surface area contributed by atoms with Crippen LogP contribution in [0.2, 0.25) is 0 Å². The largest absolute Gasteiger partial charge is 0.476 e. The molecule has 7 nitrogen and oxygen atoms in total. The maximum absolute atomic E-state index is 11.1. The molecule has 104 valence electrons. The molecule has 0 radical (unpaired) electrons. The number of nitro benzene ring substituents is 1. The van der Waals surface area contributed by atoms with Crippen LogP contribution in [-0.4, -0.2) is 29.6 Å². The van der Waals surface area contributed by atoms with Crippen LogP contribution in [0.5, 0.6) is 5.75 Å². The van der Waals surface area contributed by atoms with Gasteiger partial charge < -0.3 is 15.2 Å². The highest BCUT2D eigenvalue weighted by Gasteiger charge is 2.23. The summed E-state index contributed by atoms with van der Waals surface area (Å²) in [5.41, 5.74) is -0.0702. The Hall–Kier alpha value is -1.67. The van der Waals surface area contributed by atoms with Gasteiger partial charge >= 0.3 is 5.69 Å². The molecule has 8 heteroatoms. The van der Waals surface area contributed by atoms with Crippen molar-refractivity contribution in [2.75, 3.05) is 13.7 Å². The molecule has 19 heavy (non-hydrogen) atoms. The number of ether oxygens (including phenoxy) is 1. The van der Waals surface area contributed by atoms with Crippen LogP contribution in [-0.2, 0) is 4.79 Å². The Labute approximate surface area is 117 Å². The monoisotopic (exact) mass is 332 g/mol. The quantitative estimate of drug-likeness (QED) is 0.629. The lowest BCUT2D eigenvalue weighted by atomic mass is 10.1. The second kappa shape index (κ2) is 6.48. The molecule has 0 saturated heterocycles. The number of carbonyl (C=O) groups is 1. The fraction of sp³-hybridized carbons (Fsp3) is 0.364. The van der Waals surface area contributed by atoms with Gasteiger partial charge in [0.15, 0.2) is 6.61 Å². The fourth-order valence-corrected chi connectivity index (χ4v) is 1.88. The molecule has 0 aliphatic carbocycles. The molecule has 1 unspecified atom stereocenters. The van der Waals surface area contributed by atoms with Gasteiger partial charge in [0.2, 0.25) is 5.75 Å². The van der Waals surface area contributed by atoms with E-state index in [1.807, 2.05) is 0 Å². The fourth-order valence-electron chi connectivity index (χ4n) is 1.41. The van der Waals surface area contributed by atoms with E-state index >= 15 is 0 Å². The van der Waals surface area contributed by atoms with Crippen LogP contribution >= 0.6 is 15.9 Å². The molecule has 0 aliphatic heterocycles. The first-order valence-electron chi connectivity index (χ1n) is 5.36. The highest BCUT2D eigenvalue weighted by Crippen LogP contribution is 2.37. The van der Waals surface area contributed by atoms with Crippen LogP contribution in [0.3, 0.4) is 0 Å². The van der Waals surface area contributed by atoms with Crippen LogP contribution in [0.1, 0.15) is 18.6 Å². The van der Waals surface area contributed by atoms with Crippen molar-refractivity contribution in [3.05, 3.63) is 32.3 Å². The summed E-state index contributed by atoms with van der Waals surface area (Å²) < 4.78 is 5.61.